The Morgan fingerprint density at radius 3 is 2.72 bits per heavy atom. The summed E-state index contributed by atoms with van der Waals surface area (Å²) in [4.78, 5) is 19.1. The van der Waals surface area contributed by atoms with Gasteiger partial charge in [0.2, 0.25) is 5.82 Å². The van der Waals surface area contributed by atoms with Crippen LogP contribution >= 0.6 is 0 Å². The summed E-state index contributed by atoms with van der Waals surface area (Å²) in [6.45, 7) is 5.05. The van der Waals surface area contributed by atoms with Crippen LogP contribution in [0.3, 0.4) is 0 Å². The van der Waals surface area contributed by atoms with Crippen LogP contribution in [0.1, 0.15) is 27.5 Å². The summed E-state index contributed by atoms with van der Waals surface area (Å²) in [6.07, 6.45) is 2.87. The number of rotatable bonds is 6. The largest absolute Gasteiger partial charge is 0.347 e. The lowest BCUT2D eigenvalue weighted by Gasteiger charge is -2.28. The van der Waals surface area contributed by atoms with E-state index in [1.165, 1.54) is 11.1 Å². The third-order valence-electron chi connectivity index (χ3n) is 5.70. The third-order valence-corrected chi connectivity index (χ3v) is 5.70. The summed E-state index contributed by atoms with van der Waals surface area (Å²) in [5.74, 6) is -0.0624. The average molecular weight is 428 g/mol. The fourth-order valence-corrected chi connectivity index (χ4v) is 3.97. The highest BCUT2D eigenvalue weighted by atomic mass is 16.5. The lowest BCUT2D eigenvalue weighted by molar-refractivity contribution is 0.0903. The van der Waals surface area contributed by atoms with Crippen molar-refractivity contribution < 1.29 is 9.32 Å². The van der Waals surface area contributed by atoms with E-state index in [0.29, 0.717) is 12.4 Å². The maximum atomic E-state index is 12.5. The quantitative estimate of drug-likeness (QED) is 0.508. The predicted molar refractivity (Wildman–Crippen MR) is 119 cm³/mol. The molecule has 4 aromatic rings. The zero-order chi connectivity index (χ0) is 21.9. The zero-order valence-corrected chi connectivity index (χ0v) is 17.9. The van der Waals surface area contributed by atoms with E-state index in [2.05, 4.69) is 49.7 Å². The summed E-state index contributed by atoms with van der Waals surface area (Å²) in [5.41, 5.74) is 5.19. The van der Waals surface area contributed by atoms with Crippen LogP contribution in [0.4, 0.5) is 0 Å². The molecule has 0 saturated heterocycles. The molecule has 0 spiro atoms. The number of para-hydroxylation sites is 1. The molecule has 8 heteroatoms. The number of nitrogens with zero attached hydrogens (tertiary/aromatic N) is 5. The molecule has 1 aliphatic rings. The van der Waals surface area contributed by atoms with E-state index in [0.717, 1.165) is 43.0 Å². The number of amides is 1. The number of hydrogen-bond donors (Lipinski definition) is 1. The van der Waals surface area contributed by atoms with Gasteiger partial charge in [-0.1, -0.05) is 47.6 Å². The van der Waals surface area contributed by atoms with E-state index < -0.39 is 0 Å². The van der Waals surface area contributed by atoms with Gasteiger partial charge in [-0.2, -0.15) is 10.1 Å². The van der Waals surface area contributed by atoms with Crippen LogP contribution in [-0.4, -0.2) is 50.4 Å². The van der Waals surface area contributed by atoms with Gasteiger partial charge in [0.15, 0.2) is 0 Å². The first-order valence-electron chi connectivity index (χ1n) is 10.7. The first-order valence-corrected chi connectivity index (χ1v) is 10.7. The second-order valence-corrected chi connectivity index (χ2v) is 7.88. The van der Waals surface area contributed by atoms with Crippen molar-refractivity contribution in [3.63, 3.8) is 0 Å². The van der Waals surface area contributed by atoms with Crippen molar-refractivity contribution in [3.8, 4) is 17.1 Å². The first kappa shape index (κ1) is 20.1. The molecular formula is C24H24N6O2. The lowest BCUT2D eigenvalue weighted by atomic mass is 10.00. The van der Waals surface area contributed by atoms with Crippen molar-refractivity contribution >= 4 is 5.91 Å². The van der Waals surface area contributed by atoms with E-state index in [4.69, 9.17) is 4.52 Å². The smallest absolute Gasteiger partial charge is 0.316 e. The van der Waals surface area contributed by atoms with Gasteiger partial charge in [-0.3, -0.25) is 9.69 Å². The molecule has 5 rings (SSSR count). The van der Waals surface area contributed by atoms with Gasteiger partial charge >= 0.3 is 11.8 Å². The first-order chi connectivity index (χ1) is 15.7. The molecule has 3 heterocycles. The highest BCUT2D eigenvalue weighted by Gasteiger charge is 2.20. The zero-order valence-electron chi connectivity index (χ0n) is 17.9. The normalized spacial score (nSPS) is 13.7. The van der Waals surface area contributed by atoms with E-state index in [9.17, 15) is 4.79 Å². The minimum Gasteiger partial charge on any atom is -0.347 e. The number of nitrogens with one attached hydrogen (secondary N) is 1. The lowest BCUT2D eigenvalue weighted by Crippen LogP contribution is -2.37. The Morgan fingerprint density at radius 1 is 1.09 bits per heavy atom. The molecule has 32 heavy (non-hydrogen) atoms. The monoisotopic (exact) mass is 428 g/mol. The van der Waals surface area contributed by atoms with Crippen molar-refractivity contribution in [3.05, 3.63) is 83.5 Å². The van der Waals surface area contributed by atoms with Crippen LogP contribution < -0.4 is 5.32 Å². The Kier molecular flexibility index (Phi) is 5.51. The van der Waals surface area contributed by atoms with Crippen molar-refractivity contribution in [2.24, 2.45) is 0 Å². The molecule has 2 aromatic carbocycles. The number of fused-ring (bicyclic) bond motifs is 1. The predicted octanol–water partition coefficient (Wildman–Crippen LogP) is 3.02. The van der Waals surface area contributed by atoms with E-state index in [-0.39, 0.29) is 11.8 Å². The Hall–Kier alpha value is -3.78. The second-order valence-electron chi connectivity index (χ2n) is 7.88. The Labute approximate surface area is 185 Å². The van der Waals surface area contributed by atoms with Gasteiger partial charge in [0.25, 0.3) is 0 Å². The molecule has 0 radical (unpaired) electrons. The molecule has 0 unspecified atom stereocenters. The number of hydrogen-bond acceptors (Lipinski definition) is 6. The van der Waals surface area contributed by atoms with Gasteiger partial charge in [-0.05, 0) is 36.6 Å². The van der Waals surface area contributed by atoms with Crippen LogP contribution in [-0.2, 0) is 13.0 Å². The number of aryl methyl sites for hydroxylation is 1. The van der Waals surface area contributed by atoms with Gasteiger partial charge < -0.3 is 9.84 Å². The van der Waals surface area contributed by atoms with Gasteiger partial charge in [0.1, 0.15) is 0 Å². The van der Waals surface area contributed by atoms with E-state index in [1.54, 1.807) is 4.68 Å². The molecule has 1 amide bonds. The minimum absolute atomic E-state index is 0.0455. The maximum Gasteiger partial charge on any atom is 0.316 e. The van der Waals surface area contributed by atoms with Gasteiger partial charge in [0, 0.05) is 32.4 Å². The topological polar surface area (TPSA) is 89.1 Å². The third kappa shape index (κ3) is 4.17. The van der Waals surface area contributed by atoms with Crippen LogP contribution in [0.15, 0.2) is 65.3 Å². The summed E-state index contributed by atoms with van der Waals surface area (Å²) in [7, 11) is 0. The molecule has 0 saturated carbocycles. The van der Waals surface area contributed by atoms with Gasteiger partial charge in [0.05, 0.1) is 16.9 Å². The fourth-order valence-electron chi connectivity index (χ4n) is 3.97. The highest BCUT2D eigenvalue weighted by Crippen LogP contribution is 2.21. The fraction of sp³-hybridized carbons (Fsp3) is 0.250. The summed E-state index contributed by atoms with van der Waals surface area (Å²) in [6, 6.07) is 18.3. The summed E-state index contributed by atoms with van der Waals surface area (Å²) in [5, 5.41) is 11.4. The summed E-state index contributed by atoms with van der Waals surface area (Å²) >= 11 is 0. The van der Waals surface area contributed by atoms with E-state index >= 15 is 0 Å². The number of carbonyl (C=O) groups is 1. The molecule has 0 atom stereocenters. The molecule has 162 valence electrons. The number of aromatic nitrogens is 4. The van der Waals surface area contributed by atoms with Crippen LogP contribution in [0.2, 0.25) is 0 Å². The van der Waals surface area contributed by atoms with Crippen LogP contribution in [0.5, 0.6) is 0 Å². The molecule has 0 fully saturated rings. The molecule has 1 aliphatic heterocycles. The van der Waals surface area contributed by atoms with Crippen molar-refractivity contribution in [2.75, 3.05) is 19.6 Å². The summed E-state index contributed by atoms with van der Waals surface area (Å²) < 4.78 is 6.98. The Morgan fingerprint density at radius 2 is 1.88 bits per heavy atom. The van der Waals surface area contributed by atoms with Crippen molar-refractivity contribution in [1.29, 1.82) is 0 Å². The second kappa shape index (κ2) is 8.76. The molecule has 0 aliphatic carbocycles. The van der Waals surface area contributed by atoms with Crippen LogP contribution in [0, 0.1) is 6.92 Å². The SMILES string of the molecule is Cc1nn(-c2ccccc2)cc1-c1noc(C(=O)NCCN2CCc3ccccc3C2)n1. The number of carbonyl (C=O) groups excluding carboxylic acids is 1. The van der Waals surface area contributed by atoms with Crippen molar-refractivity contribution in [1.82, 2.24) is 30.1 Å². The standard InChI is InChI=1S/C24H24N6O2/c1-17-21(16-30(27-17)20-9-3-2-4-10-20)22-26-24(32-28-22)23(31)25-12-14-29-13-11-18-7-5-6-8-19(18)15-29/h2-10,16H,11-15H2,1H3,(H,25,31). The van der Waals surface area contributed by atoms with Gasteiger partial charge in [-0.15, -0.1) is 0 Å². The van der Waals surface area contributed by atoms with Crippen molar-refractivity contribution in [2.45, 2.75) is 19.9 Å². The van der Waals surface area contributed by atoms with Crippen LogP contribution in [0.25, 0.3) is 17.1 Å². The Balaban J connectivity index is 1.19. The van der Waals surface area contributed by atoms with E-state index in [1.807, 2.05) is 43.5 Å². The molecule has 1 N–H and O–H groups in total. The highest BCUT2D eigenvalue weighted by molar-refractivity contribution is 5.89. The average Bonchev–Trinajstić information content (AvgIpc) is 3.46. The number of benzene rings is 2. The molecule has 2 aromatic heterocycles. The molecule has 0 bridgehead atoms. The maximum absolute atomic E-state index is 12.5. The van der Waals surface area contributed by atoms with Gasteiger partial charge in [-0.25, -0.2) is 4.68 Å². The molecular weight excluding hydrogens is 404 g/mol. The Bertz CT molecular complexity index is 1230. The minimum atomic E-state index is -0.366. The molecule has 8 nitrogen and oxygen atoms in total.